The zero-order valence-electron chi connectivity index (χ0n) is 11.4. The predicted octanol–water partition coefficient (Wildman–Crippen LogP) is 0.649. The van der Waals surface area contributed by atoms with Crippen molar-refractivity contribution in [3.63, 3.8) is 0 Å². The number of hydrogen-bond acceptors (Lipinski definition) is 3. The average molecular weight is 290 g/mol. The van der Waals surface area contributed by atoms with Gasteiger partial charge in [0.2, 0.25) is 5.91 Å². The van der Waals surface area contributed by atoms with E-state index in [0.29, 0.717) is 19.3 Å². The quantitative estimate of drug-likeness (QED) is 0.800. The summed E-state index contributed by atoms with van der Waals surface area (Å²) >= 11 is 0. The lowest BCUT2D eigenvalue weighted by Crippen LogP contribution is -2.63. The van der Waals surface area contributed by atoms with Crippen molar-refractivity contribution >= 4 is 11.8 Å². The summed E-state index contributed by atoms with van der Waals surface area (Å²) in [6.45, 7) is 1.57. The van der Waals surface area contributed by atoms with E-state index in [4.69, 9.17) is 5.73 Å². The van der Waals surface area contributed by atoms with Gasteiger partial charge in [-0.1, -0.05) is 0 Å². The first-order valence-corrected chi connectivity index (χ1v) is 6.89. The number of alkyl halides is 2. The van der Waals surface area contributed by atoms with E-state index in [9.17, 15) is 23.5 Å². The summed E-state index contributed by atoms with van der Waals surface area (Å²) in [5.41, 5.74) is 2.96. The van der Waals surface area contributed by atoms with Crippen molar-refractivity contribution in [1.82, 2.24) is 4.90 Å². The second-order valence-corrected chi connectivity index (χ2v) is 5.94. The molecule has 2 amide bonds. The number of likely N-dealkylation sites (tertiary alicyclic amines) is 1. The normalized spacial score (nSPS) is 29.7. The van der Waals surface area contributed by atoms with Crippen molar-refractivity contribution in [3.8, 4) is 0 Å². The molecule has 20 heavy (non-hydrogen) atoms. The Balaban J connectivity index is 2.16. The van der Waals surface area contributed by atoms with Crippen molar-refractivity contribution in [2.24, 2.45) is 11.7 Å². The molecule has 7 heteroatoms. The SMILES string of the molecule is CC1CCC(C(N)=O)CN1C(=O)C(F)(F)C1(O)CCC1. The molecule has 0 aromatic rings. The van der Waals surface area contributed by atoms with E-state index in [0.717, 1.165) is 4.90 Å². The molecule has 1 saturated carbocycles. The third kappa shape index (κ3) is 2.28. The van der Waals surface area contributed by atoms with Crippen LogP contribution in [0.15, 0.2) is 0 Å². The molecule has 1 heterocycles. The number of halogens is 2. The summed E-state index contributed by atoms with van der Waals surface area (Å²) in [5.74, 6) is -6.38. The van der Waals surface area contributed by atoms with Crippen LogP contribution in [0.5, 0.6) is 0 Å². The molecule has 2 aliphatic rings. The highest BCUT2D eigenvalue weighted by Crippen LogP contribution is 2.45. The van der Waals surface area contributed by atoms with Crippen LogP contribution in [-0.2, 0) is 9.59 Å². The van der Waals surface area contributed by atoms with Crippen LogP contribution in [0.2, 0.25) is 0 Å². The Bertz CT molecular complexity index is 424. The molecule has 2 unspecified atom stereocenters. The van der Waals surface area contributed by atoms with Gasteiger partial charge in [0, 0.05) is 12.6 Å². The summed E-state index contributed by atoms with van der Waals surface area (Å²) in [7, 11) is 0. The van der Waals surface area contributed by atoms with Crippen LogP contribution in [-0.4, -0.2) is 45.9 Å². The van der Waals surface area contributed by atoms with Crippen LogP contribution in [0.25, 0.3) is 0 Å². The van der Waals surface area contributed by atoms with Gasteiger partial charge in [0.1, 0.15) is 5.60 Å². The molecule has 2 fully saturated rings. The summed E-state index contributed by atoms with van der Waals surface area (Å²) in [6, 6.07) is -0.382. The number of hydrogen-bond donors (Lipinski definition) is 2. The van der Waals surface area contributed by atoms with Crippen molar-refractivity contribution in [1.29, 1.82) is 0 Å². The Kier molecular flexibility index (Phi) is 3.75. The zero-order valence-corrected chi connectivity index (χ0v) is 11.4. The standard InChI is InChI=1S/C13H20F2N2O3/c1-8-3-4-9(10(16)18)7-17(8)11(19)13(14,15)12(20)5-2-6-12/h8-9,20H,2-7H2,1H3,(H2,16,18). The largest absolute Gasteiger partial charge is 0.383 e. The predicted molar refractivity (Wildman–Crippen MR) is 66.8 cm³/mol. The minimum absolute atomic E-state index is 0.0762. The maximum Gasteiger partial charge on any atom is 0.352 e. The minimum Gasteiger partial charge on any atom is -0.383 e. The van der Waals surface area contributed by atoms with Crippen LogP contribution in [0.3, 0.4) is 0 Å². The Morgan fingerprint density at radius 2 is 1.95 bits per heavy atom. The molecule has 3 N–H and O–H groups in total. The van der Waals surface area contributed by atoms with Gasteiger partial charge in [0.05, 0.1) is 5.92 Å². The monoisotopic (exact) mass is 290 g/mol. The van der Waals surface area contributed by atoms with Gasteiger partial charge in [-0.15, -0.1) is 0 Å². The second kappa shape index (κ2) is 4.95. The minimum atomic E-state index is -3.81. The Hall–Kier alpha value is -1.24. The molecule has 0 aromatic heterocycles. The van der Waals surface area contributed by atoms with Gasteiger partial charge >= 0.3 is 5.92 Å². The summed E-state index contributed by atoms with van der Waals surface area (Å²) in [5, 5.41) is 9.81. The third-order valence-corrected chi connectivity index (χ3v) is 4.58. The highest BCUT2D eigenvalue weighted by Gasteiger charge is 2.62. The number of primary amides is 1. The van der Waals surface area contributed by atoms with Gasteiger partial charge in [-0.05, 0) is 39.0 Å². The summed E-state index contributed by atoms with van der Waals surface area (Å²) < 4.78 is 28.4. The third-order valence-electron chi connectivity index (χ3n) is 4.58. The van der Waals surface area contributed by atoms with E-state index in [1.54, 1.807) is 6.92 Å². The van der Waals surface area contributed by atoms with Gasteiger partial charge in [-0.2, -0.15) is 8.78 Å². The molecule has 0 spiro atoms. The molecule has 1 saturated heterocycles. The lowest BCUT2D eigenvalue weighted by molar-refractivity contribution is -0.225. The fourth-order valence-corrected chi connectivity index (χ4v) is 2.83. The zero-order chi connectivity index (χ0) is 15.1. The van der Waals surface area contributed by atoms with Gasteiger partial charge in [-0.3, -0.25) is 9.59 Å². The first-order valence-electron chi connectivity index (χ1n) is 6.89. The summed E-state index contributed by atoms with van der Waals surface area (Å²) in [4.78, 5) is 24.3. The number of carbonyl (C=O) groups is 2. The number of rotatable bonds is 3. The van der Waals surface area contributed by atoms with Crippen molar-refractivity contribution in [3.05, 3.63) is 0 Å². The van der Waals surface area contributed by atoms with Crippen LogP contribution < -0.4 is 5.73 Å². The number of aliphatic hydroxyl groups is 1. The Morgan fingerprint density at radius 3 is 2.40 bits per heavy atom. The highest BCUT2D eigenvalue weighted by atomic mass is 19.3. The van der Waals surface area contributed by atoms with E-state index in [1.165, 1.54) is 0 Å². The Labute approximate surface area is 116 Å². The second-order valence-electron chi connectivity index (χ2n) is 5.94. The molecular formula is C13H20F2N2O3. The van der Waals surface area contributed by atoms with Gasteiger partial charge < -0.3 is 15.7 Å². The molecule has 2 atom stereocenters. The number of nitrogens with two attached hydrogens (primary N) is 1. The number of carbonyl (C=O) groups excluding carboxylic acids is 2. The van der Waals surface area contributed by atoms with Crippen LogP contribution in [0, 0.1) is 5.92 Å². The average Bonchev–Trinajstić information content (AvgIpc) is 2.35. The molecule has 2 rings (SSSR count). The first kappa shape index (κ1) is 15.2. The molecule has 0 radical (unpaired) electrons. The molecule has 5 nitrogen and oxygen atoms in total. The van der Waals surface area contributed by atoms with Gasteiger partial charge in [-0.25, -0.2) is 0 Å². The van der Waals surface area contributed by atoms with Crippen LogP contribution >= 0.6 is 0 Å². The van der Waals surface area contributed by atoms with E-state index in [-0.39, 0.29) is 25.4 Å². The van der Waals surface area contributed by atoms with Crippen molar-refractivity contribution in [2.75, 3.05) is 6.54 Å². The number of piperidine rings is 1. The lowest BCUT2D eigenvalue weighted by atomic mass is 9.74. The molecule has 1 aliphatic heterocycles. The van der Waals surface area contributed by atoms with E-state index in [1.807, 2.05) is 0 Å². The van der Waals surface area contributed by atoms with Gasteiger partial charge in [0.25, 0.3) is 5.91 Å². The number of nitrogens with zero attached hydrogens (tertiary/aromatic N) is 1. The number of amides is 2. The Morgan fingerprint density at radius 1 is 1.35 bits per heavy atom. The molecule has 0 bridgehead atoms. The van der Waals surface area contributed by atoms with Crippen LogP contribution in [0.4, 0.5) is 8.78 Å². The fraction of sp³-hybridized carbons (Fsp3) is 0.846. The highest BCUT2D eigenvalue weighted by molar-refractivity contribution is 5.86. The smallest absolute Gasteiger partial charge is 0.352 e. The maximum atomic E-state index is 14.2. The molecule has 114 valence electrons. The van der Waals surface area contributed by atoms with Crippen molar-refractivity contribution in [2.45, 2.75) is 56.6 Å². The molecule has 1 aliphatic carbocycles. The fourth-order valence-electron chi connectivity index (χ4n) is 2.83. The van der Waals surface area contributed by atoms with E-state index in [2.05, 4.69) is 0 Å². The van der Waals surface area contributed by atoms with Gasteiger partial charge in [0.15, 0.2) is 0 Å². The van der Waals surface area contributed by atoms with Crippen LogP contribution in [0.1, 0.15) is 39.0 Å². The maximum absolute atomic E-state index is 14.2. The summed E-state index contributed by atoms with van der Waals surface area (Å²) in [6.07, 6.45) is 1.28. The van der Waals surface area contributed by atoms with Crippen molar-refractivity contribution < 1.29 is 23.5 Å². The topological polar surface area (TPSA) is 83.6 Å². The van der Waals surface area contributed by atoms with E-state index >= 15 is 0 Å². The first-order chi connectivity index (χ1) is 9.19. The van der Waals surface area contributed by atoms with E-state index < -0.39 is 29.3 Å². The molecular weight excluding hydrogens is 270 g/mol. The molecule has 0 aromatic carbocycles. The lowest BCUT2D eigenvalue weighted by Gasteiger charge is -2.45.